The standard InChI is InChI=1S/C22H18ClNO5S2/c1-31(27,28)20-13-15(11-12-17(20)23)22(26)29-14-21(25)24-18-9-5-6-10-19(18)30-16-7-3-2-4-8-16/h2-13H,14H2,1H3,(H,24,25). The van der Waals surface area contributed by atoms with E-state index in [2.05, 4.69) is 5.32 Å². The maximum absolute atomic E-state index is 12.3. The quantitative estimate of drug-likeness (QED) is 0.498. The van der Waals surface area contributed by atoms with Crippen molar-refractivity contribution in [3.63, 3.8) is 0 Å². The summed E-state index contributed by atoms with van der Waals surface area (Å²) in [4.78, 5) is 26.2. The van der Waals surface area contributed by atoms with Crippen LogP contribution < -0.4 is 5.32 Å². The van der Waals surface area contributed by atoms with E-state index < -0.39 is 28.3 Å². The molecule has 0 radical (unpaired) electrons. The Morgan fingerprint density at radius 1 is 1.00 bits per heavy atom. The highest BCUT2D eigenvalue weighted by Crippen LogP contribution is 2.33. The number of nitrogens with one attached hydrogen (secondary N) is 1. The number of anilines is 1. The fourth-order valence-corrected chi connectivity index (χ4v) is 4.81. The number of rotatable bonds is 7. The number of benzene rings is 3. The van der Waals surface area contributed by atoms with Crippen molar-refractivity contribution in [1.29, 1.82) is 0 Å². The summed E-state index contributed by atoms with van der Waals surface area (Å²) >= 11 is 7.37. The zero-order valence-electron chi connectivity index (χ0n) is 16.4. The SMILES string of the molecule is CS(=O)(=O)c1cc(C(=O)OCC(=O)Nc2ccccc2Sc2ccccc2)ccc1Cl. The Morgan fingerprint density at radius 3 is 2.39 bits per heavy atom. The first kappa shape index (κ1) is 22.9. The minimum absolute atomic E-state index is 0.00400. The van der Waals surface area contributed by atoms with Gasteiger partial charge in [-0.1, -0.05) is 53.7 Å². The first-order chi connectivity index (χ1) is 14.7. The summed E-state index contributed by atoms with van der Waals surface area (Å²) in [6, 6.07) is 20.7. The van der Waals surface area contributed by atoms with Gasteiger partial charge in [0.05, 0.1) is 21.2 Å². The van der Waals surface area contributed by atoms with Crippen LogP contribution in [0.4, 0.5) is 5.69 Å². The van der Waals surface area contributed by atoms with Gasteiger partial charge in [0.25, 0.3) is 5.91 Å². The third-order valence-corrected chi connectivity index (χ3v) is 6.70. The molecule has 3 aromatic rings. The number of halogens is 1. The molecule has 0 fully saturated rings. The van der Waals surface area contributed by atoms with E-state index in [1.54, 1.807) is 12.1 Å². The van der Waals surface area contributed by atoms with Gasteiger partial charge in [0, 0.05) is 16.0 Å². The molecule has 0 saturated heterocycles. The topological polar surface area (TPSA) is 89.5 Å². The van der Waals surface area contributed by atoms with Gasteiger partial charge in [-0.25, -0.2) is 13.2 Å². The molecule has 1 N–H and O–H groups in total. The van der Waals surface area contributed by atoms with Crippen molar-refractivity contribution in [3.8, 4) is 0 Å². The lowest BCUT2D eigenvalue weighted by atomic mass is 10.2. The average Bonchev–Trinajstić information content (AvgIpc) is 2.73. The van der Waals surface area contributed by atoms with Gasteiger partial charge in [-0.3, -0.25) is 4.79 Å². The molecule has 1 amide bonds. The maximum atomic E-state index is 12.3. The second-order valence-electron chi connectivity index (χ2n) is 6.45. The second kappa shape index (κ2) is 10.00. The fraction of sp³-hybridized carbons (Fsp3) is 0.0909. The number of carbonyl (C=O) groups excluding carboxylic acids is 2. The zero-order valence-corrected chi connectivity index (χ0v) is 18.8. The largest absolute Gasteiger partial charge is 0.452 e. The molecule has 0 bridgehead atoms. The van der Waals surface area contributed by atoms with Crippen molar-refractivity contribution >= 4 is 50.8 Å². The van der Waals surface area contributed by atoms with E-state index in [-0.39, 0.29) is 15.5 Å². The number of para-hydroxylation sites is 1. The van der Waals surface area contributed by atoms with Crippen LogP contribution in [-0.2, 0) is 19.4 Å². The number of hydrogen-bond donors (Lipinski definition) is 1. The van der Waals surface area contributed by atoms with E-state index in [1.807, 2.05) is 42.5 Å². The number of carbonyl (C=O) groups is 2. The molecule has 3 rings (SSSR count). The molecule has 0 saturated carbocycles. The van der Waals surface area contributed by atoms with Crippen molar-refractivity contribution in [2.45, 2.75) is 14.7 Å². The molecule has 0 aliphatic carbocycles. The molecule has 0 aromatic heterocycles. The first-order valence-electron chi connectivity index (χ1n) is 9.02. The molecular weight excluding hydrogens is 458 g/mol. The summed E-state index contributed by atoms with van der Waals surface area (Å²) in [5.41, 5.74) is 0.570. The number of amides is 1. The van der Waals surface area contributed by atoms with Gasteiger partial charge in [0.2, 0.25) is 0 Å². The van der Waals surface area contributed by atoms with Crippen molar-refractivity contribution in [2.75, 3.05) is 18.2 Å². The molecule has 0 spiro atoms. The van der Waals surface area contributed by atoms with Crippen LogP contribution in [0.2, 0.25) is 5.02 Å². The van der Waals surface area contributed by atoms with E-state index in [9.17, 15) is 18.0 Å². The van der Waals surface area contributed by atoms with Gasteiger partial charge < -0.3 is 10.1 Å². The molecule has 0 heterocycles. The molecule has 0 aliphatic rings. The zero-order chi connectivity index (χ0) is 22.4. The smallest absolute Gasteiger partial charge is 0.338 e. The summed E-state index contributed by atoms with van der Waals surface area (Å²) in [5, 5.41) is 2.73. The lowest BCUT2D eigenvalue weighted by Gasteiger charge is -2.11. The van der Waals surface area contributed by atoms with E-state index in [1.165, 1.54) is 23.9 Å². The highest BCUT2D eigenvalue weighted by atomic mass is 35.5. The van der Waals surface area contributed by atoms with Crippen molar-refractivity contribution in [1.82, 2.24) is 0 Å². The van der Waals surface area contributed by atoms with E-state index in [0.29, 0.717) is 5.69 Å². The Morgan fingerprint density at radius 2 is 1.68 bits per heavy atom. The molecule has 0 atom stereocenters. The summed E-state index contributed by atoms with van der Waals surface area (Å²) in [5.74, 6) is -1.35. The van der Waals surface area contributed by atoms with Crippen molar-refractivity contribution < 1.29 is 22.7 Å². The summed E-state index contributed by atoms with van der Waals surface area (Å²) < 4.78 is 28.5. The van der Waals surface area contributed by atoms with Crippen LogP contribution in [0.25, 0.3) is 0 Å². The predicted molar refractivity (Wildman–Crippen MR) is 120 cm³/mol. The number of hydrogen-bond acceptors (Lipinski definition) is 6. The van der Waals surface area contributed by atoms with Crippen LogP contribution in [-0.4, -0.2) is 33.2 Å². The van der Waals surface area contributed by atoms with Crippen LogP contribution in [0.5, 0.6) is 0 Å². The molecule has 9 heteroatoms. The van der Waals surface area contributed by atoms with Crippen LogP contribution in [0.15, 0.2) is 87.5 Å². The van der Waals surface area contributed by atoms with E-state index in [0.717, 1.165) is 22.1 Å². The Balaban J connectivity index is 1.64. The van der Waals surface area contributed by atoms with Gasteiger partial charge in [0.1, 0.15) is 0 Å². The van der Waals surface area contributed by atoms with Gasteiger partial charge in [0.15, 0.2) is 16.4 Å². The lowest BCUT2D eigenvalue weighted by Crippen LogP contribution is -2.21. The molecular formula is C22H18ClNO5S2. The van der Waals surface area contributed by atoms with Crippen LogP contribution in [0.3, 0.4) is 0 Å². The minimum atomic E-state index is -3.61. The molecule has 0 unspecified atom stereocenters. The van der Waals surface area contributed by atoms with Gasteiger partial charge >= 0.3 is 5.97 Å². The van der Waals surface area contributed by atoms with Crippen LogP contribution >= 0.6 is 23.4 Å². The summed E-state index contributed by atoms with van der Waals surface area (Å²) in [7, 11) is -3.61. The highest BCUT2D eigenvalue weighted by molar-refractivity contribution is 7.99. The Bertz CT molecular complexity index is 1210. The Labute approximate surface area is 189 Å². The Kier molecular flexibility index (Phi) is 7.37. The van der Waals surface area contributed by atoms with E-state index in [4.69, 9.17) is 16.3 Å². The van der Waals surface area contributed by atoms with E-state index >= 15 is 0 Å². The number of esters is 1. The highest BCUT2D eigenvalue weighted by Gasteiger charge is 2.18. The van der Waals surface area contributed by atoms with Gasteiger partial charge in [-0.05, 0) is 42.5 Å². The van der Waals surface area contributed by atoms with Gasteiger partial charge in [-0.15, -0.1) is 0 Å². The first-order valence-corrected chi connectivity index (χ1v) is 12.1. The fourth-order valence-electron chi connectivity index (χ4n) is 2.59. The Hall–Kier alpha value is -2.81. The van der Waals surface area contributed by atoms with Crippen LogP contribution in [0.1, 0.15) is 10.4 Å². The monoisotopic (exact) mass is 475 g/mol. The predicted octanol–water partition coefficient (Wildman–Crippen LogP) is 4.69. The maximum Gasteiger partial charge on any atom is 0.338 e. The lowest BCUT2D eigenvalue weighted by molar-refractivity contribution is -0.119. The van der Waals surface area contributed by atoms with Gasteiger partial charge in [-0.2, -0.15) is 0 Å². The van der Waals surface area contributed by atoms with Crippen molar-refractivity contribution in [3.05, 3.63) is 83.4 Å². The molecule has 160 valence electrons. The van der Waals surface area contributed by atoms with Crippen LogP contribution in [0, 0.1) is 0 Å². The normalized spacial score (nSPS) is 11.0. The third-order valence-electron chi connectivity index (χ3n) is 4.03. The number of ether oxygens (including phenoxy) is 1. The molecule has 6 nitrogen and oxygen atoms in total. The third kappa shape index (κ3) is 6.33. The second-order valence-corrected chi connectivity index (χ2v) is 9.96. The summed E-state index contributed by atoms with van der Waals surface area (Å²) in [6.07, 6.45) is 0.988. The molecule has 31 heavy (non-hydrogen) atoms. The molecule has 3 aromatic carbocycles. The summed E-state index contributed by atoms with van der Waals surface area (Å²) in [6.45, 7) is -0.528. The minimum Gasteiger partial charge on any atom is -0.452 e. The number of sulfone groups is 1. The molecule has 0 aliphatic heterocycles. The van der Waals surface area contributed by atoms with Crippen molar-refractivity contribution in [2.24, 2.45) is 0 Å². The average molecular weight is 476 g/mol.